The zero-order valence-corrected chi connectivity index (χ0v) is 13.2. The first-order valence-corrected chi connectivity index (χ1v) is 8.00. The van der Waals surface area contributed by atoms with Crippen LogP contribution in [0.15, 0.2) is 4.99 Å². The zero-order chi connectivity index (χ0) is 14.4. The molecule has 116 valence electrons. The summed E-state index contributed by atoms with van der Waals surface area (Å²) in [5.41, 5.74) is 0. The van der Waals surface area contributed by atoms with Crippen molar-refractivity contribution in [2.45, 2.75) is 45.2 Å². The molecule has 20 heavy (non-hydrogen) atoms. The number of aliphatic imine (C=N–C) groups is 1. The van der Waals surface area contributed by atoms with Crippen LogP contribution >= 0.6 is 0 Å². The van der Waals surface area contributed by atoms with E-state index in [1.54, 1.807) is 7.11 Å². The standard InChI is InChI=1S/C15H30N4O/c1-4-16-15(18-12(2)11-20-3)17-9-13-7-8-19(10-13)14-5-6-14/h12-14H,4-11H2,1-3H3,(H2,16,17,18). The van der Waals surface area contributed by atoms with E-state index in [2.05, 4.69) is 29.4 Å². The Morgan fingerprint density at radius 1 is 1.40 bits per heavy atom. The summed E-state index contributed by atoms with van der Waals surface area (Å²) in [5.74, 6) is 1.64. The summed E-state index contributed by atoms with van der Waals surface area (Å²) >= 11 is 0. The molecule has 1 aliphatic carbocycles. The molecule has 0 radical (unpaired) electrons. The van der Waals surface area contributed by atoms with E-state index >= 15 is 0 Å². The van der Waals surface area contributed by atoms with Gasteiger partial charge >= 0.3 is 0 Å². The predicted molar refractivity (Wildman–Crippen MR) is 83.2 cm³/mol. The van der Waals surface area contributed by atoms with Crippen LogP contribution in [0.4, 0.5) is 0 Å². The Balaban J connectivity index is 1.76. The first kappa shape index (κ1) is 15.6. The second kappa shape index (κ2) is 7.84. The third-order valence-electron chi connectivity index (χ3n) is 4.03. The minimum absolute atomic E-state index is 0.282. The minimum atomic E-state index is 0.282. The van der Waals surface area contributed by atoms with Gasteiger partial charge in [-0.3, -0.25) is 4.99 Å². The first-order valence-electron chi connectivity index (χ1n) is 8.00. The Labute approximate surface area is 123 Å². The van der Waals surface area contributed by atoms with Gasteiger partial charge in [-0.15, -0.1) is 0 Å². The lowest BCUT2D eigenvalue weighted by Crippen LogP contribution is -2.44. The number of likely N-dealkylation sites (tertiary alicyclic amines) is 1. The summed E-state index contributed by atoms with van der Waals surface area (Å²) in [6.45, 7) is 9.24. The molecule has 2 unspecified atom stereocenters. The lowest BCUT2D eigenvalue weighted by molar-refractivity contribution is 0.179. The summed E-state index contributed by atoms with van der Waals surface area (Å²) in [6.07, 6.45) is 4.12. The Bertz CT molecular complexity index is 317. The average molecular weight is 282 g/mol. The fourth-order valence-corrected chi connectivity index (χ4v) is 2.85. The summed E-state index contributed by atoms with van der Waals surface area (Å²) in [6, 6.07) is 1.18. The second-order valence-electron chi connectivity index (χ2n) is 6.10. The van der Waals surface area contributed by atoms with E-state index in [-0.39, 0.29) is 6.04 Å². The number of guanidine groups is 1. The molecule has 2 fully saturated rings. The highest BCUT2D eigenvalue weighted by atomic mass is 16.5. The van der Waals surface area contributed by atoms with E-state index in [1.807, 2.05) is 0 Å². The zero-order valence-electron chi connectivity index (χ0n) is 13.2. The molecule has 5 nitrogen and oxygen atoms in total. The van der Waals surface area contributed by atoms with Crippen molar-refractivity contribution in [2.75, 3.05) is 39.9 Å². The molecule has 5 heteroatoms. The quantitative estimate of drug-likeness (QED) is 0.541. The van der Waals surface area contributed by atoms with Crippen molar-refractivity contribution in [2.24, 2.45) is 10.9 Å². The molecule has 1 heterocycles. The van der Waals surface area contributed by atoms with Gasteiger partial charge in [-0.2, -0.15) is 0 Å². The maximum absolute atomic E-state index is 5.16. The molecule has 0 aromatic carbocycles. The van der Waals surface area contributed by atoms with E-state index in [0.717, 1.165) is 31.0 Å². The maximum atomic E-state index is 5.16. The predicted octanol–water partition coefficient (Wildman–Crippen LogP) is 1.06. The van der Waals surface area contributed by atoms with Crippen molar-refractivity contribution in [3.05, 3.63) is 0 Å². The number of nitrogens with zero attached hydrogens (tertiary/aromatic N) is 2. The Kier molecular flexibility index (Phi) is 6.10. The number of hydrogen-bond donors (Lipinski definition) is 2. The van der Waals surface area contributed by atoms with Crippen LogP contribution in [0.1, 0.15) is 33.1 Å². The minimum Gasteiger partial charge on any atom is -0.383 e. The van der Waals surface area contributed by atoms with Gasteiger partial charge in [0.2, 0.25) is 0 Å². The molecular weight excluding hydrogens is 252 g/mol. The topological polar surface area (TPSA) is 48.9 Å². The first-order chi connectivity index (χ1) is 9.72. The number of ether oxygens (including phenoxy) is 1. The van der Waals surface area contributed by atoms with Gasteiger partial charge in [-0.1, -0.05) is 0 Å². The fraction of sp³-hybridized carbons (Fsp3) is 0.933. The van der Waals surface area contributed by atoms with Gasteiger partial charge < -0.3 is 20.3 Å². The number of rotatable bonds is 7. The summed E-state index contributed by atoms with van der Waals surface area (Å²) in [4.78, 5) is 7.39. The summed E-state index contributed by atoms with van der Waals surface area (Å²) in [5, 5.41) is 6.70. The van der Waals surface area contributed by atoms with Crippen LogP contribution in [-0.4, -0.2) is 62.8 Å². The maximum Gasteiger partial charge on any atom is 0.191 e. The van der Waals surface area contributed by atoms with E-state index in [0.29, 0.717) is 6.61 Å². The highest BCUT2D eigenvalue weighted by molar-refractivity contribution is 5.80. The third kappa shape index (κ3) is 4.94. The van der Waals surface area contributed by atoms with Crippen LogP contribution in [0, 0.1) is 5.92 Å². The molecule has 0 aromatic rings. The fourth-order valence-electron chi connectivity index (χ4n) is 2.85. The van der Waals surface area contributed by atoms with Gasteiger partial charge in [0.25, 0.3) is 0 Å². The molecule has 2 aliphatic rings. The van der Waals surface area contributed by atoms with Crippen molar-refractivity contribution >= 4 is 5.96 Å². The SMILES string of the molecule is CCNC(=NCC1CCN(C2CC2)C1)NC(C)COC. The number of hydrogen-bond acceptors (Lipinski definition) is 3. The van der Waals surface area contributed by atoms with Gasteiger partial charge in [-0.25, -0.2) is 0 Å². The largest absolute Gasteiger partial charge is 0.383 e. The monoisotopic (exact) mass is 282 g/mol. The Morgan fingerprint density at radius 2 is 2.20 bits per heavy atom. The molecule has 0 bridgehead atoms. The van der Waals surface area contributed by atoms with Crippen LogP contribution in [-0.2, 0) is 4.74 Å². The lowest BCUT2D eigenvalue weighted by Gasteiger charge is -2.18. The van der Waals surface area contributed by atoms with Gasteiger partial charge in [0.15, 0.2) is 5.96 Å². The van der Waals surface area contributed by atoms with Crippen LogP contribution in [0.2, 0.25) is 0 Å². The van der Waals surface area contributed by atoms with Crippen LogP contribution in [0.25, 0.3) is 0 Å². The number of methoxy groups -OCH3 is 1. The second-order valence-corrected chi connectivity index (χ2v) is 6.10. The molecule has 1 aliphatic heterocycles. The smallest absolute Gasteiger partial charge is 0.191 e. The van der Waals surface area contributed by atoms with Gasteiger partial charge in [0.05, 0.1) is 6.61 Å². The molecule has 1 saturated carbocycles. The van der Waals surface area contributed by atoms with Crippen molar-refractivity contribution < 1.29 is 4.74 Å². The van der Waals surface area contributed by atoms with Gasteiger partial charge in [0.1, 0.15) is 0 Å². The Hall–Kier alpha value is -0.810. The van der Waals surface area contributed by atoms with Crippen LogP contribution in [0.3, 0.4) is 0 Å². The van der Waals surface area contributed by atoms with Crippen LogP contribution < -0.4 is 10.6 Å². The van der Waals surface area contributed by atoms with E-state index in [9.17, 15) is 0 Å². The normalized spacial score (nSPS) is 25.8. The average Bonchev–Trinajstić information content (AvgIpc) is 3.16. The summed E-state index contributed by atoms with van der Waals surface area (Å²) < 4.78 is 5.16. The highest BCUT2D eigenvalue weighted by Crippen LogP contribution is 2.31. The van der Waals surface area contributed by atoms with Crippen molar-refractivity contribution in [1.82, 2.24) is 15.5 Å². The molecule has 0 aromatic heterocycles. The van der Waals surface area contributed by atoms with Gasteiger partial charge in [-0.05, 0) is 45.6 Å². The third-order valence-corrected chi connectivity index (χ3v) is 4.03. The molecule has 2 atom stereocenters. The van der Waals surface area contributed by atoms with E-state index < -0.39 is 0 Å². The van der Waals surface area contributed by atoms with Crippen molar-refractivity contribution in [3.8, 4) is 0 Å². The van der Waals surface area contributed by atoms with Gasteiger partial charge in [0, 0.05) is 38.8 Å². The highest BCUT2D eigenvalue weighted by Gasteiger charge is 2.34. The van der Waals surface area contributed by atoms with Crippen LogP contribution in [0.5, 0.6) is 0 Å². The van der Waals surface area contributed by atoms with E-state index in [4.69, 9.17) is 9.73 Å². The molecular formula is C15H30N4O. The molecule has 1 saturated heterocycles. The van der Waals surface area contributed by atoms with Crippen molar-refractivity contribution in [1.29, 1.82) is 0 Å². The van der Waals surface area contributed by atoms with E-state index in [1.165, 1.54) is 32.4 Å². The molecule has 2 N–H and O–H groups in total. The molecule has 2 rings (SSSR count). The number of nitrogens with one attached hydrogen (secondary N) is 2. The lowest BCUT2D eigenvalue weighted by atomic mass is 10.1. The molecule has 0 amide bonds. The Morgan fingerprint density at radius 3 is 2.85 bits per heavy atom. The van der Waals surface area contributed by atoms with Crippen molar-refractivity contribution in [3.63, 3.8) is 0 Å². The molecule has 0 spiro atoms. The summed E-state index contributed by atoms with van der Waals surface area (Å²) in [7, 11) is 1.73.